The first-order chi connectivity index (χ1) is 15.1. The lowest BCUT2D eigenvalue weighted by Gasteiger charge is -2.09. The Kier molecular flexibility index (Phi) is 15.2. The molecule has 1 aromatic carbocycles. The molecule has 0 unspecified atom stereocenters. The molecule has 0 radical (unpaired) electrons. The van der Waals surface area contributed by atoms with E-state index < -0.39 is 17.9 Å². The lowest BCUT2D eigenvalue weighted by Crippen LogP contribution is -2.17. The molecule has 0 heterocycles. The summed E-state index contributed by atoms with van der Waals surface area (Å²) in [5.74, 6) is -1.89. The van der Waals surface area contributed by atoms with E-state index in [1.54, 1.807) is 12.1 Å². The Hall–Kier alpha value is -2.17. The van der Waals surface area contributed by atoms with E-state index >= 15 is 0 Å². The van der Waals surface area contributed by atoms with E-state index in [0.717, 1.165) is 32.1 Å². The van der Waals surface area contributed by atoms with Crippen molar-refractivity contribution >= 4 is 17.9 Å². The zero-order valence-electron chi connectivity index (χ0n) is 19.5. The molecule has 0 aromatic heterocycles. The van der Waals surface area contributed by atoms with Crippen LogP contribution >= 0.6 is 0 Å². The van der Waals surface area contributed by atoms with E-state index in [1.165, 1.54) is 57.1 Å². The number of carbonyl (C=O) groups excluding carboxylic acids is 3. The van der Waals surface area contributed by atoms with Gasteiger partial charge in [-0.1, -0.05) is 96.6 Å². The average molecular weight is 433 g/mol. The van der Waals surface area contributed by atoms with Crippen LogP contribution in [-0.2, 0) is 14.3 Å². The molecule has 0 aliphatic carbocycles. The molecular formula is C26H40O5. The first-order valence-corrected chi connectivity index (χ1v) is 12.1. The SMILES string of the molecule is CCCCCCCCCC(=O)OC(=O)c1ccccc1C(=O)OCCCCCCCC. The maximum atomic E-state index is 12.4. The Morgan fingerprint density at radius 1 is 0.645 bits per heavy atom. The summed E-state index contributed by atoms with van der Waals surface area (Å²) in [4.78, 5) is 36.8. The van der Waals surface area contributed by atoms with Gasteiger partial charge in [0.1, 0.15) is 0 Å². The highest BCUT2D eigenvalue weighted by Crippen LogP contribution is 2.14. The van der Waals surface area contributed by atoms with Gasteiger partial charge in [0.2, 0.25) is 0 Å². The molecular weight excluding hydrogens is 392 g/mol. The van der Waals surface area contributed by atoms with Crippen molar-refractivity contribution in [2.24, 2.45) is 0 Å². The van der Waals surface area contributed by atoms with E-state index in [2.05, 4.69) is 13.8 Å². The van der Waals surface area contributed by atoms with Gasteiger partial charge in [0.15, 0.2) is 0 Å². The van der Waals surface area contributed by atoms with Gasteiger partial charge in [-0.3, -0.25) is 4.79 Å². The number of unbranched alkanes of at least 4 members (excludes halogenated alkanes) is 11. The Morgan fingerprint density at radius 3 is 1.71 bits per heavy atom. The second-order valence-electron chi connectivity index (χ2n) is 8.08. The molecule has 0 aliphatic rings. The van der Waals surface area contributed by atoms with Gasteiger partial charge in [-0.05, 0) is 25.0 Å². The third-order valence-electron chi connectivity index (χ3n) is 5.29. The number of carbonyl (C=O) groups is 3. The van der Waals surface area contributed by atoms with Crippen LogP contribution in [-0.4, -0.2) is 24.5 Å². The molecule has 0 bridgehead atoms. The van der Waals surface area contributed by atoms with Crippen LogP contribution in [0.3, 0.4) is 0 Å². The zero-order valence-corrected chi connectivity index (χ0v) is 19.5. The Bertz CT molecular complexity index is 653. The molecule has 1 aromatic rings. The molecule has 174 valence electrons. The van der Waals surface area contributed by atoms with Crippen LogP contribution in [0.1, 0.15) is 124 Å². The average Bonchev–Trinajstić information content (AvgIpc) is 2.77. The van der Waals surface area contributed by atoms with E-state index in [9.17, 15) is 14.4 Å². The zero-order chi connectivity index (χ0) is 22.7. The van der Waals surface area contributed by atoms with Crippen molar-refractivity contribution < 1.29 is 23.9 Å². The van der Waals surface area contributed by atoms with Gasteiger partial charge in [-0.15, -0.1) is 0 Å². The van der Waals surface area contributed by atoms with Crippen molar-refractivity contribution in [2.75, 3.05) is 6.61 Å². The summed E-state index contributed by atoms with van der Waals surface area (Å²) in [5, 5.41) is 0. The van der Waals surface area contributed by atoms with Gasteiger partial charge in [0.25, 0.3) is 0 Å². The highest BCUT2D eigenvalue weighted by atomic mass is 16.6. The fourth-order valence-corrected chi connectivity index (χ4v) is 3.40. The minimum atomic E-state index is -0.792. The standard InChI is InChI=1S/C26H40O5/c1-3-5-7-9-11-12-14-20-24(27)31-26(29)23-19-16-15-18-22(23)25(28)30-21-17-13-10-8-6-4-2/h15-16,18-19H,3-14,17,20-21H2,1-2H3. The molecule has 0 amide bonds. The summed E-state index contributed by atoms with van der Waals surface area (Å²) in [6, 6.07) is 6.33. The first-order valence-electron chi connectivity index (χ1n) is 12.1. The second kappa shape index (κ2) is 17.5. The van der Waals surface area contributed by atoms with Crippen molar-refractivity contribution in [2.45, 2.75) is 104 Å². The number of esters is 3. The summed E-state index contributed by atoms with van der Waals surface area (Å²) in [6.45, 7) is 4.68. The van der Waals surface area contributed by atoms with Crippen LogP contribution in [0.5, 0.6) is 0 Å². The highest BCUT2D eigenvalue weighted by molar-refractivity contribution is 6.05. The van der Waals surface area contributed by atoms with Crippen LogP contribution in [0.15, 0.2) is 24.3 Å². The van der Waals surface area contributed by atoms with E-state index in [4.69, 9.17) is 9.47 Å². The summed E-state index contributed by atoms with van der Waals surface area (Å²) in [6.07, 6.45) is 14.4. The number of benzene rings is 1. The third kappa shape index (κ3) is 12.3. The van der Waals surface area contributed by atoms with Gasteiger partial charge >= 0.3 is 17.9 Å². The summed E-state index contributed by atoms with van der Waals surface area (Å²) in [5.41, 5.74) is 0.213. The highest BCUT2D eigenvalue weighted by Gasteiger charge is 2.21. The van der Waals surface area contributed by atoms with Gasteiger partial charge < -0.3 is 9.47 Å². The van der Waals surface area contributed by atoms with Crippen molar-refractivity contribution in [1.29, 1.82) is 0 Å². The molecule has 0 saturated carbocycles. The quantitative estimate of drug-likeness (QED) is 0.150. The van der Waals surface area contributed by atoms with E-state index in [-0.39, 0.29) is 17.5 Å². The molecule has 0 aliphatic heterocycles. The Balaban J connectivity index is 2.39. The van der Waals surface area contributed by atoms with Gasteiger partial charge in [-0.2, -0.15) is 0 Å². The number of ether oxygens (including phenoxy) is 2. The maximum Gasteiger partial charge on any atom is 0.346 e. The van der Waals surface area contributed by atoms with Crippen LogP contribution in [0.4, 0.5) is 0 Å². The van der Waals surface area contributed by atoms with Crippen LogP contribution < -0.4 is 0 Å². The molecule has 0 N–H and O–H groups in total. The summed E-state index contributed by atoms with van der Waals surface area (Å²) >= 11 is 0. The van der Waals surface area contributed by atoms with Crippen LogP contribution in [0.2, 0.25) is 0 Å². The molecule has 1 rings (SSSR count). The molecule has 0 fully saturated rings. The Labute approximate surface area is 187 Å². The molecule has 5 heteroatoms. The molecule has 0 saturated heterocycles. The van der Waals surface area contributed by atoms with Gasteiger partial charge in [0.05, 0.1) is 17.7 Å². The molecule has 0 atom stereocenters. The predicted octanol–water partition coefficient (Wildman–Crippen LogP) is 7.03. The monoisotopic (exact) mass is 432 g/mol. The molecule has 0 spiro atoms. The normalized spacial score (nSPS) is 10.6. The minimum absolute atomic E-state index is 0.0726. The smallest absolute Gasteiger partial charge is 0.346 e. The number of hydrogen-bond donors (Lipinski definition) is 0. The largest absolute Gasteiger partial charge is 0.462 e. The fourth-order valence-electron chi connectivity index (χ4n) is 3.40. The van der Waals surface area contributed by atoms with Gasteiger partial charge in [-0.25, -0.2) is 9.59 Å². The van der Waals surface area contributed by atoms with Crippen molar-refractivity contribution in [1.82, 2.24) is 0 Å². The first kappa shape index (κ1) is 26.9. The number of hydrogen-bond acceptors (Lipinski definition) is 5. The minimum Gasteiger partial charge on any atom is -0.462 e. The van der Waals surface area contributed by atoms with Crippen LogP contribution in [0.25, 0.3) is 0 Å². The summed E-state index contributed by atoms with van der Waals surface area (Å²) in [7, 11) is 0. The van der Waals surface area contributed by atoms with E-state index in [1.807, 2.05) is 0 Å². The maximum absolute atomic E-state index is 12.4. The fraction of sp³-hybridized carbons (Fsp3) is 0.654. The Morgan fingerprint density at radius 2 is 1.13 bits per heavy atom. The third-order valence-corrected chi connectivity index (χ3v) is 5.29. The van der Waals surface area contributed by atoms with Crippen molar-refractivity contribution in [3.8, 4) is 0 Å². The van der Waals surface area contributed by atoms with E-state index in [0.29, 0.717) is 13.0 Å². The second-order valence-corrected chi connectivity index (χ2v) is 8.08. The van der Waals surface area contributed by atoms with Crippen LogP contribution in [0, 0.1) is 0 Å². The molecule has 5 nitrogen and oxygen atoms in total. The lowest BCUT2D eigenvalue weighted by molar-refractivity contribution is -0.138. The lowest BCUT2D eigenvalue weighted by atomic mass is 10.1. The molecule has 31 heavy (non-hydrogen) atoms. The predicted molar refractivity (Wildman–Crippen MR) is 123 cm³/mol. The van der Waals surface area contributed by atoms with Crippen molar-refractivity contribution in [3.63, 3.8) is 0 Å². The summed E-state index contributed by atoms with van der Waals surface area (Å²) < 4.78 is 10.3. The number of rotatable bonds is 17. The topological polar surface area (TPSA) is 69.7 Å². The van der Waals surface area contributed by atoms with Crippen molar-refractivity contribution in [3.05, 3.63) is 35.4 Å². The van der Waals surface area contributed by atoms with Gasteiger partial charge in [0, 0.05) is 6.42 Å².